The van der Waals surface area contributed by atoms with E-state index in [-0.39, 0.29) is 4.90 Å². The molecule has 0 aliphatic heterocycles. The Labute approximate surface area is 142 Å². The molecule has 136 valence electrons. The van der Waals surface area contributed by atoms with Crippen molar-refractivity contribution in [3.05, 3.63) is 29.8 Å². The molecule has 0 heterocycles. The van der Waals surface area contributed by atoms with Crippen molar-refractivity contribution in [2.24, 2.45) is 11.7 Å². The van der Waals surface area contributed by atoms with Crippen molar-refractivity contribution in [2.75, 3.05) is 7.11 Å². The Morgan fingerprint density at radius 3 is 2.25 bits per heavy atom. The number of aliphatic hydroxyl groups excluding tert-OH is 1. The first-order chi connectivity index (χ1) is 11.1. The fraction of sp³-hybridized carbons (Fsp3) is 0.562. The van der Waals surface area contributed by atoms with Gasteiger partial charge in [0.25, 0.3) is 10.1 Å². The van der Waals surface area contributed by atoms with Gasteiger partial charge in [0, 0.05) is 6.04 Å². The molecule has 2 rings (SSSR count). The summed E-state index contributed by atoms with van der Waals surface area (Å²) in [7, 11) is -2.77. The number of ether oxygens (including phenoxy) is 1. The minimum Gasteiger partial charge on any atom is -0.467 e. The number of carbonyl (C=O) groups excluding carboxylic acids is 1. The first-order valence-corrected chi connectivity index (χ1v) is 9.14. The molecule has 0 bridgehead atoms. The lowest BCUT2D eigenvalue weighted by Gasteiger charge is -2.29. The number of hydrogen-bond acceptors (Lipinski definition) is 6. The number of nitrogens with two attached hydrogens (primary N) is 1. The molecule has 0 saturated heterocycles. The molecule has 1 fully saturated rings. The molecule has 1 aliphatic carbocycles. The fourth-order valence-corrected chi connectivity index (χ4v) is 2.73. The average Bonchev–Trinajstić information content (AvgIpc) is 2.49. The summed E-state index contributed by atoms with van der Waals surface area (Å²) in [5, 5.41) is 9.36. The van der Waals surface area contributed by atoms with Gasteiger partial charge in [-0.05, 0) is 31.4 Å². The van der Waals surface area contributed by atoms with Crippen molar-refractivity contribution >= 4 is 16.1 Å². The van der Waals surface area contributed by atoms with Gasteiger partial charge in [0.15, 0.2) is 6.10 Å². The highest BCUT2D eigenvalue weighted by Crippen LogP contribution is 2.30. The van der Waals surface area contributed by atoms with E-state index in [9.17, 15) is 18.3 Å². The van der Waals surface area contributed by atoms with E-state index in [4.69, 9.17) is 10.3 Å². The first-order valence-electron chi connectivity index (χ1n) is 7.70. The molecule has 2 atom stereocenters. The summed E-state index contributed by atoms with van der Waals surface area (Å²) >= 11 is 0. The molecule has 8 heteroatoms. The standard InChI is InChI=1S/C9H17NO3.C7H8O3S/c1-13-9(12)8(11)7(10)5-6-3-2-4-6;1-6-2-4-7(5-3-6)11(8,9)10/h6-8,11H,2-5,10H2,1H3;2-5H,1H3,(H,8,9,10)/t7-,8+;/m0./s1. The second-order valence-corrected chi connectivity index (χ2v) is 7.37. The zero-order chi connectivity index (χ0) is 18.3. The minimum atomic E-state index is -4.02. The van der Waals surface area contributed by atoms with E-state index >= 15 is 0 Å². The van der Waals surface area contributed by atoms with Gasteiger partial charge >= 0.3 is 5.97 Å². The highest BCUT2D eigenvalue weighted by molar-refractivity contribution is 7.85. The van der Waals surface area contributed by atoms with E-state index in [0.29, 0.717) is 5.92 Å². The van der Waals surface area contributed by atoms with Crippen LogP contribution in [0.2, 0.25) is 0 Å². The van der Waals surface area contributed by atoms with Gasteiger partial charge < -0.3 is 15.6 Å². The van der Waals surface area contributed by atoms with Crippen molar-refractivity contribution in [1.29, 1.82) is 0 Å². The summed E-state index contributed by atoms with van der Waals surface area (Å²) < 4.78 is 33.9. The van der Waals surface area contributed by atoms with Crippen LogP contribution >= 0.6 is 0 Å². The minimum absolute atomic E-state index is 0.0666. The Kier molecular flexibility index (Phi) is 7.82. The van der Waals surface area contributed by atoms with E-state index < -0.39 is 28.2 Å². The maximum Gasteiger partial charge on any atom is 0.336 e. The van der Waals surface area contributed by atoms with Crippen LogP contribution in [0.1, 0.15) is 31.2 Å². The normalized spacial score (nSPS) is 17.0. The zero-order valence-corrected chi connectivity index (χ0v) is 14.7. The van der Waals surface area contributed by atoms with Crippen LogP contribution < -0.4 is 5.73 Å². The molecule has 0 unspecified atom stereocenters. The van der Waals surface area contributed by atoms with Crippen LogP contribution in [0.4, 0.5) is 0 Å². The molecule has 7 nitrogen and oxygen atoms in total. The van der Waals surface area contributed by atoms with Crippen molar-refractivity contribution in [3.8, 4) is 0 Å². The molecule has 1 aromatic carbocycles. The number of esters is 1. The summed E-state index contributed by atoms with van der Waals surface area (Å²) in [4.78, 5) is 10.8. The van der Waals surface area contributed by atoms with Crippen LogP contribution in [0, 0.1) is 12.8 Å². The van der Waals surface area contributed by atoms with Crippen LogP contribution in [0.5, 0.6) is 0 Å². The maximum atomic E-state index is 10.9. The second kappa shape index (κ2) is 9.12. The number of aryl methyl sites for hydroxylation is 1. The molecule has 1 saturated carbocycles. The van der Waals surface area contributed by atoms with E-state index in [0.717, 1.165) is 12.0 Å². The van der Waals surface area contributed by atoms with Crippen molar-refractivity contribution in [3.63, 3.8) is 0 Å². The van der Waals surface area contributed by atoms with Gasteiger partial charge in [-0.25, -0.2) is 4.79 Å². The van der Waals surface area contributed by atoms with Crippen LogP contribution in [0.15, 0.2) is 29.2 Å². The third-order valence-corrected chi connectivity index (χ3v) is 4.87. The third-order valence-electron chi connectivity index (χ3n) is 4.00. The van der Waals surface area contributed by atoms with E-state index in [2.05, 4.69) is 4.74 Å². The number of carbonyl (C=O) groups is 1. The molecule has 0 aromatic heterocycles. The third kappa shape index (κ3) is 6.56. The Bertz CT molecular complexity index is 624. The summed E-state index contributed by atoms with van der Waals surface area (Å²) in [5.41, 5.74) is 6.61. The van der Waals surface area contributed by atoms with E-state index in [1.165, 1.54) is 38.5 Å². The highest BCUT2D eigenvalue weighted by atomic mass is 32.2. The maximum absolute atomic E-state index is 10.9. The molecule has 0 amide bonds. The molecule has 0 spiro atoms. The number of hydrogen-bond donors (Lipinski definition) is 3. The van der Waals surface area contributed by atoms with Gasteiger partial charge in [-0.3, -0.25) is 4.55 Å². The smallest absolute Gasteiger partial charge is 0.336 e. The van der Waals surface area contributed by atoms with E-state index in [1.807, 2.05) is 6.92 Å². The van der Waals surface area contributed by atoms with Gasteiger partial charge in [0.05, 0.1) is 12.0 Å². The predicted octanol–water partition coefficient (Wildman–Crippen LogP) is 1.28. The monoisotopic (exact) mass is 359 g/mol. The largest absolute Gasteiger partial charge is 0.467 e. The lowest BCUT2D eigenvalue weighted by Crippen LogP contribution is -2.43. The van der Waals surface area contributed by atoms with Crippen molar-refractivity contribution < 1.29 is 27.6 Å². The van der Waals surface area contributed by atoms with Gasteiger partial charge in [0.2, 0.25) is 0 Å². The summed E-state index contributed by atoms with van der Waals surface area (Å²) in [5.74, 6) is -0.0406. The zero-order valence-electron chi connectivity index (χ0n) is 13.9. The Hall–Kier alpha value is -1.48. The van der Waals surface area contributed by atoms with Crippen molar-refractivity contribution in [2.45, 2.75) is 49.6 Å². The van der Waals surface area contributed by atoms with E-state index in [1.54, 1.807) is 12.1 Å². The predicted molar refractivity (Wildman–Crippen MR) is 88.9 cm³/mol. The summed E-state index contributed by atoms with van der Waals surface area (Å²) in [6.07, 6.45) is 3.14. The molecule has 24 heavy (non-hydrogen) atoms. The topological polar surface area (TPSA) is 127 Å². The molecule has 1 aromatic rings. The first kappa shape index (κ1) is 20.6. The molecule has 4 N–H and O–H groups in total. The Balaban J connectivity index is 0.000000243. The highest BCUT2D eigenvalue weighted by Gasteiger charge is 2.28. The number of rotatable bonds is 5. The quantitative estimate of drug-likeness (QED) is 0.534. The van der Waals surface area contributed by atoms with Crippen LogP contribution in [-0.2, 0) is 19.6 Å². The fourth-order valence-electron chi connectivity index (χ4n) is 2.25. The Morgan fingerprint density at radius 2 is 1.88 bits per heavy atom. The molecular weight excluding hydrogens is 334 g/mol. The second-order valence-electron chi connectivity index (χ2n) is 5.95. The van der Waals surface area contributed by atoms with Gasteiger partial charge in [-0.1, -0.05) is 37.0 Å². The van der Waals surface area contributed by atoms with Crippen LogP contribution in [0.25, 0.3) is 0 Å². The van der Waals surface area contributed by atoms with Crippen LogP contribution in [0.3, 0.4) is 0 Å². The number of benzene rings is 1. The summed E-state index contributed by atoms with van der Waals surface area (Å²) in [6, 6.07) is 5.51. The summed E-state index contributed by atoms with van der Waals surface area (Å²) in [6.45, 7) is 1.84. The number of methoxy groups -OCH3 is 1. The van der Waals surface area contributed by atoms with Crippen LogP contribution in [-0.4, -0.2) is 43.3 Å². The van der Waals surface area contributed by atoms with Crippen molar-refractivity contribution in [1.82, 2.24) is 0 Å². The molecular formula is C16H25NO6S. The van der Waals surface area contributed by atoms with Gasteiger partial charge in [0.1, 0.15) is 0 Å². The average molecular weight is 359 g/mol. The Morgan fingerprint density at radius 1 is 1.33 bits per heavy atom. The number of aliphatic hydroxyl groups is 1. The SMILES string of the molecule is COC(=O)[C@H](O)[C@@H](N)CC1CCC1.Cc1ccc(S(=O)(=O)O)cc1. The lowest BCUT2D eigenvalue weighted by atomic mass is 9.80. The molecule has 0 radical (unpaired) electrons. The van der Waals surface area contributed by atoms with Gasteiger partial charge in [-0.15, -0.1) is 0 Å². The molecule has 1 aliphatic rings. The lowest BCUT2D eigenvalue weighted by molar-refractivity contribution is -0.151. The van der Waals surface area contributed by atoms with Gasteiger partial charge in [-0.2, -0.15) is 8.42 Å².